The van der Waals surface area contributed by atoms with Crippen molar-refractivity contribution in [3.8, 4) is 17.2 Å². The van der Waals surface area contributed by atoms with Gasteiger partial charge in [0.1, 0.15) is 22.8 Å². The van der Waals surface area contributed by atoms with Crippen molar-refractivity contribution in [1.29, 1.82) is 0 Å². The fourth-order valence-electron chi connectivity index (χ4n) is 3.10. The van der Waals surface area contributed by atoms with E-state index in [1.165, 1.54) is 7.11 Å². The highest BCUT2D eigenvalue weighted by atomic mass is 16.5. The number of carbonyl (C=O) groups is 2. The summed E-state index contributed by atoms with van der Waals surface area (Å²) in [7, 11) is 1.49. The molecule has 0 N–H and O–H groups in total. The van der Waals surface area contributed by atoms with E-state index in [1.807, 2.05) is 31.2 Å². The molecule has 0 aromatic heterocycles. The van der Waals surface area contributed by atoms with Gasteiger partial charge in [-0.05, 0) is 48.4 Å². The van der Waals surface area contributed by atoms with Crippen molar-refractivity contribution in [2.75, 3.05) is 7.11 Å². The van der Waals surface area contributed by atoms with Gasteiger partial charge >= 0.3 is 5.97 Å². The standard InChI is InChI=1S/C24H18O5/c1-15-7-3-4-8-16(15)13-22-23(25)18-12-11-17(14-21(18)29-22)28-24(26)19-9-5-6-10-20(19)27-2/h3-14H,1-2H3. The van der Waals surface area contributed by atoms with Crippen molar-refractivity contribution in [3.63, 3.8) is 0 Å². The van der Waals surface area contributed by atoms with Crippen LogP contribution in [-0.2, 0) is 0 Å². The van der Waals surface area contributed by atoms with Gasteiger partial charge in [0.05, 0.1) is 12.7 Å². The zero-order valence-electron chi connectivity index (χ0n) is 16.0. The Morgan fingerprint density at radius 3 is 2.55 bits per heavy atom. The topological polar surface area (TPSA) is 61.8 Å². The third-order valence-electron chi connectivity index (χ3n) is 4.65. The van der Waals surface area contributed by atoms with Gasteiger partial charge < -0.3 is 14.2 Å². The second-order valence-electron chi connectivity index (χ2n) is 6.54. The summed E-state index contributed by atoms with van der Waals surface area (Å²) in [6.45, 7) is 1.97. The maximum absolute atomic E-state index is 12.6. The first-order valence-electron chi connectivity index (χ1n) is 9.06. The summed E-state index contributed by atoms with van der Waals surface area (Å²) in [6, 6.07) is 19.2. The second kappa shape index (κ2) is 7.64. The molecule has 1 aliphatic rings. The highest BCUT2D eigenvalue weighted by Gasteiger charge is 2.28. The van der Waals surface area contributed by atoms with Crippen LogP contribution in [0, 0.1) is 6.92 Å². The van der Waals surface area contributed by atoms with Gasteiger partial charge in [0.2, 0.25) is 5.78 Å². The molecule has 4 rings (SSSR count). The van der Waals surface area contributed by atoms with Gasteiger partial charge in [0.15, 0.2) is 5.76 Å². The number of hydrogen-bond acceptors (Lipinski definition) is 5. The molecule has 144 valence electrons. The van der Waals surface area contributed by atoms with Gasteiger partial charge in [0, 0.05) is 6.07 Å². The van der Waals surface area contributed by atoms with E-state index in [-0.39, 0.29) is 17.3 Å². The summed E-state index contributed by atoms with van der Waals surface area (Å²) < 4.78 is 16.4. The van der Waals surface area contributed by atoms with Crippen molar-refractivity contribution in [2.45, 2.75) is 6.92 Å². The Morgan fingerprint density at radius 2 is 1.76 bits per heavy atom. The molecule has 0 radical (unpaired) electrons. The molecular weight excluding hydrogens is 368 g/mol. The number of Topliss-reactive ketones (excluding diaryl/α,β-unsaturated/α-hetero) is 1. The summed E-state index contributed by atoms with van der Waals surface area (Å²) in [5.41, 5.74) is 2.69. The Balaban J connectivity index is 1.58. The zero-order valence-corrected chi connectivity index (χ0v) is 16.0. The number of ether oxygens (including phenoxy) is 3. The van der Waals surface area contributed by atoms with E-state index >= 15 is 0 Å². The van der Waals surface area contributed by atoms with Crippen LogP contribution in [-0.4, -0.2) is 18.9 Å². The van der Waals surface area contributed by atoms with E-state index < -0.39 is 5.97 Å². The maximum atomic E-state index is 12.6. The quantitative estimate of drug-likeness (QED) is 0.365. The van der Waals surface area contributed by atoms with Crippen molar-refractivity contribution in [2.24, 2.45) is 0 Å². The second-order valence-corrected chi connectivity index (χ2v) is 6.54. The van der Waals surface area contributed by atoms with Gasteiger partial charge in [-0.3, -0.25) is 4.79 Å². The maximum Gasteiger partial charge on any atom is 0.347 e. The molecule has 0 saturated carbocycles. The fraction of sp³-hybridized carbons (Fsp3) is 0.0833. The summed E-state index contributed by atoms with van der Waals surface area (Å²) in [5.74, 6) is 0.550. The van der Waals surface area contributed by atoms with Gasteiger partial charge in [-0.1, -0.05) is 36.4 Å². The minimum atomic E-state index is -0.553. The number of fused-ring (bicyclic) bond motifs is 1. The number of allylic oxidation sites excluding steroid dienone is 1. The van der Waals surface area contributed by atoms with E-state index in [0.717, 1.165) is 11.1 Å². The van der Waals surface area contributed by atoms with E-state index in [9.17, 15) is 9.59 Å². The third-order valence-corrected chi connectivity index (χ3v) is 4.65. The number of ketones is 1. The van der Waals surface area contributed by atoms with Crippen LogP contribution >= 0.6 is 0 Å². The molecule has 0 saturated heterocycles. The van der Waals surface area contributed by atoms with Crippen molar-refractivity contribution >= 4 is 17.8 Å². The SMILES string of the molecule is COc1ccccc1C(=O)Oc1ccc2c(c1)OC(=Cc1ccccc1C)C2=O. The molecule has 3 aromatic rings. The number of para-hydroxylation sites is 1. The van der Waals surface area contributed by atoms with Gasteiger partial charge in [-0.2, -0.15) is 0 Å². The van der Waals surface area contributed by atoms with Crippen LogP contribution in [0.1, 0.15) is 31.8 Å². The lowest BCUT2D eigenvalue weighted by Crippen LogP contribution is -2.10. The number of benzene rings is 3. The number of carbonyl (C=O) groups excluding carboxylic acids is 2. The summed E-state index contributed by atoms with van der Waals surface area (Å²) in [5, 5.41) is 0. The van der Waals surface area contributed by atoms with Gasteiger partial charge in [0.25, 0.3) is 0 Å². The molecule has 1 aliphatic heterocycles. The lowest BCUT2D eigenvalue weighted by Gasteiger charge is -2.08. The molecule has 0 bridgehead atoms. The molecule has 0 atom stereocenters. The molecule has 1 heterocycles. The smallest absolute Gasteiger partial charge is 0.347 e. The molecule has 0 fully saturated rings. The van der Waals surface area contributed by atoms with E-state index in [4.69, 9.17) is 14.2 Å². The molecule has 0 unspecified atom stereocenters. The Morgan fingerprint density at radius 1 is 1.00 bits per heavy atom. The van der Waals surface area contributed by atoms with Crippen molar-refractivity contribution < 1.29 is 23.8 Å². The average molecular weight is 386 g/mol. The number of rotatable bonds is 4. The molecule has 5 nitrogen and oxygen atoms in total. The summed E-state index contributed by atoms with van der Waals surface area (Å²) in [4.78, 5) is 25.1. The fourth-order valence-corrected chi connectivity index (χ4v) is 3.10. The molecule has 0 amide bonds. The zero-order chi connectivity index (χ0) is 20.4. The Hall–Kier alpha value is -3.86. The predicted molar refractivity (Wildman–Crippen MR) is 109 cm³/mol. The van der Waals surface area contributed by atoms with Crippen LogP contribution in [0.15, 0.2) is 72.5 Å². The Bertz CT molecular complexity index is 1140. The molecular formula is C24H18O5. The van der Waals surface area contributed by atoms with Gasteiger partial charge in [-0.25, -0.2) is 4.79 Å². The van der Waals surface area contributed by atoms with Crippen LogP contribution in [0.25, 0.3) is 6.08 Å². The number of hydrogen-bond donors (Lipinski definition) is 0. The lowest BCUT2D eigenvalue weighted by molar-refractivity contribution is 0.0731. The van der Waals surface area contributed by atoms with Crippen LogP contribution in [0.3, 0.4) is 0 Å². The van der Waals surface area contributed by atoms with E-state index in [0.29, 0.717) is 22.6 Å². The molecule has 0 aliphatic carbocycles. The Kier molecular flexibility index (Phi) is 4.87. The first-order chi connectivity index (χ1) is 14.1. The molecule has 5 heteroatoms. The largest absolute Gasteiger partial charge is 0.496 e. The lowest BCUT2D eigenvalue weighted by atomic mass is 10.1. The Labute approximate surface area is 168 Å². The monoisotopic (exact) mass is 386 g/mol. The van der Waals surface area contributed by atoms with E-state index in [1.54, 1.807) is 48.5 Å². The van der Waals surface area contributed by atoms with Crippen LogP contribution < -0.4 is 14.2 Å². The highest BCUT2D eigenvalue weighted by Crippen LogP contribution is 2.35. The molecule has 3 aromatic carbocycles. The third kappa shape index (κ3) is 3.62. The highest BCUT2D eigenvalue weighted by molar-refractivity contribution is 6.14. The van der Waals surface area contributed by atoms with E-state index in [2.05, 4.69) is 0 Å². The minimum Gasteiger partial charge on any atom is -0.496 e. The van der Waals surface area contributed by atoms with Crippen molar-refractivity contribution in [1.82, 2.24) is 0 Å². The van der Waals surface area contributed by atoms with Crippen LogP contribution in [0.4, 0.5) is 0 Å². The van der Waals surface area contributed by atoms with Crippen molar-refractivity contribution in [3.05, 3.63) is 94.7 Å². The van der Waals surface area contributed by atoms with Crippen LogP contribution in [0.5, 0.6) is 17.2 Å². The number of esters is 1. The minimum absolute atomic E-state index is 0.203. The first kappa shape index (κ1) is 18.5. The normalized spacial score (nSPS) is 13.7. The van der Waals surface area contributed by atoms with Gasteiger partial charge in [-0.15, -0.1) is 0 Å². The number of aryl methyl sites for hydroxylation is 1. The summed E-state index contributed by atoms with van der Waals surface area (Å²) >= 11 is 0. The van der Waals surface area contributed by atoms with Crippen LogP contribution in [0.2, 0.25) is 0 Å². The summed E-state index contributed by atoms with van der Waals surface area (Å²) in [6.07, 6.45) is 1.72. The number of methoxy groups -OCH3 is 1. The predicted octanol–water partition coefficient (Wildman–Crippen LogP) is 4.84. The molecule has 29 heavy (non-hydrogen) atoms. The molecule has 0 spiro atoms. The first-order valence-corrected chi connectivity index (χ1v) is 9.06. The average Bonchev–Trinajstić information content (AvgIpc) is 3.04.